The molecule has 2 heterocycles. The number of hydrogen-bond acceptors (Lipinski definition) is 3. The Hall–Kier alpha value is -2.50. The summed E-state index contributed by atoms with van der Waals surface area (Å²) in [5, 5.41) is 8.99. The average molecular weight is 290 g/mol. The van der Waals surface area contributed by atoms with Gasteiger partial charge in [0.1, 0.15) is 17.1 Å². The number of carboxylic acids is 1. The third-order valence-corrected chi connectivity index (χ3v) is 3.32. The number of hydrogen-bond donors (Lipinski definition) is 2. The highest BCUT2D eigenvalue weighted by atomic mass is 16.4. The molecule has 2 rings (SSSR count). The number of aromatic amines is 1. The van der Waals surface area contributed by atoms with Crippen molar-refractivity contribution in [2.24, 2.45) is 0 Å². The second-order valence-electron chi connectivity index (χ2n) is 5.14. The fourth-order valence-electron chi connectivity index (χ4n) is 2.29. The van der Waals surface area contributed by atoms with Crippen LogP contribution in [0.4, 0.5) is 0 Å². The first kappa shape index (κ1) is 14.9. The number of aromatic carboxylic acids is 1. The van der Waals surface area contributed by atoms with E-state index in [0.29, 0.717) is 17.1 Å². The summed E-state index contributed by atoms with van der Waals surface area (Å²) < 4.78 is 5.39. The fourth-order valence-corrected chi connectivity index (χ4v) is 2.29. The van der Waals surface area contributed by atoms with Gasteiger partial charge in [-0.2, -0.15) is 0 Å². The highest BCUT2D eigenvalue weighted by molar-refractivity contribution is 5.95. The zero-order valence-electron chi connectivity index (χ0n) is 12.5. The van der Waals surface area contributed by atoms with Crippen molar-refractivity contribution in [3.63, 3.8) is 0 Å². The number of carboxylic acid groups (broad SMARTS) is 1. The summed E-state index contributed by atoms with van der Waals surface area (Å²) >= 11 is 0. The van der Waals surface area contributed by atoms with E-state index >= 15 is 0 Å². The molecule has 6 heteroatoms. The fraction of sp³-hybridized carbons (Fsp3) is 0.333. The molecule has 0 radical (unpaired) electrons. The highest BCUT2D eigenvalue weighted by Crippen LogP contribution is 2.18. The molecule has 0 fully saturated rings. The SMILES string of the molecule is Cc1cc(C(=O)N(C)Cc2cc(C(=O)O)c(C)o2)c(C)[nH]1. The maximum Gasteiger partial charge on any atom is 0.339 e. The second kappa shape index (κ2) is 5.47. The highest BCUT2D eigenvalue weighted by Gasteiger charge is 2.19. The summed E-state index contributed by atoms with van der Waals surface area (Å²) in [5.74, 6) is -0.381. The Labute approximate surface area is 122 Å². The van der Waals surface area contributed by atoms with Crippen LogP contribution in [-0.4, -0.2) is 33.9 Å². The van der Waals surface area contributed by atoms with Crippen LogP contribution < -0.4 is 0 Å². The molecular formula is C15H18N2O4. The minimum atomic E-state index is -1.03. The summed E-state index contributed by atoms with van der Waals surface area (Å²) in [6, 6.07) is 3.25. The van der Waals surface area contributed by atoms with Gasteiger partial charge in [-0.15, -0.1) is 0 Å². The molecule has 2 aromatic rings. The Morgan fingerprint density at radius 3 is 2.38 bits per heavy atom. The van der Waals surface area contributed by atoms with E-state index in [-0.39, 0.29) is 18.0 Å². The predicted molar refractivity (Wildman–Crippen MR) is 76.5 cm³/mol. The molecule has 0 aromatic carbocycles. The van der Waals surface area contributed by atoms with Gasteiger partial charge in [0.25, 0.3) is 5.91 Å². The minimum absolute atomic E-state index is 0.125. The molecule has 0 spiro atoms. The number of H-pyrrole nitrogens is 1. The number of furan rings is 1. The van der Waals surface area contributed by atoms with Crippen LogP contribution in [0.2, 0.25) is 0 Å². The molecule has 2 N–H and O–H groups in total. The van der Waals surface area contributed by atoms with Crippen LogP contribution in [0.25, 0.3) is 0 Å². The molecule has 0 unspecified atom stereocenters. The van der Waals surface area contributed by atoms with Crippen LogP contribution in [0.3, 0.4) is 0 Å². The lowest BCUT2D eigenvalue weighted by molar-refractivity contribution is 0.0694. The van der Waals surface area contributed by atoms with Crippen molar-refractivity contribution in [3.05, 3.63) is 46.2 Å². The molecule has 0 saturated carbocycles. The average Bonchev–Trinajstić information content (AvgIpc) is 2.91. The van der Waals surface area contributed by atoms with Crippen molar-refractivity contribution < 1.29 is 19.1 Å². The predicted octanol–water partition coefficient (Wildman–Crippen LogP) is 2.50. The van der Waals surface area contributed by atoms with Crippen LogP contribution in [0.5, 0.6) is 0 Å². The number of rotatable bonds is 4. The topological polar surface area (TPSA) is 86.5 Å². The van der Waals surface area contributed by atoms with Gasteiger partial charge in [0, 0.05) is 18.4 Å². The quantitative estimate of drug-likeness (QED) is 0.905. The van der Waals surface area contributed by atoms with Gasteiger partial charge >= 0.3 is 5.97 Å². The Morgan fingerprint density at radius 1 is 1.24 bits per heavy atom. The zero-order chi connectivity index (χ0) is 15.7. The summed E-state index contributed by atoms with van der Waals surface area (Å²) in [5.41, 5.74) is 2.47. The van der Waals surface area contributed by atoms with Gasteiger partial charge in [-0.1, -0.05) is 0 Å². The Morgan fingerprint density at radius 2 is 1.90 bits per heavy atom. The Balaban J connectivity index is 2.16. The molecule has 0 aliphatic carbocycles. The van der Waals surface area contributed by atoms with Gasteiger partial charge in [-0.05, 0) is 32.9 Å². The van der Waals surface area contributed by atoms with Crippen LogP contribution in [0, 0.1) is 20.8 Å². The van der Waals surface area contributed by atoms with E-state index in [9.17, 15) is 9.59 Å². The van der Waals surface area contributed by atoms with Gasteiger partial charge in [0.15, 0.2) is 0 Å². The summed E-state index contributed by atoms with van der Waals surface area (Å²) in [4.78, 5) is 27.9. The first-order chi connectivity index (χ1) is 9.79. The van der Waals surface area contributed by atoms with E-state index in [1.165, 1.54) is 11.0 Å². The largest absolute Gasteiger partial charge is 0.478 e. The van der Waals surface area contributed by atoms with Gasteiger partial charge in [0.2, 0.25) is 0 Å². The lowest BCUT2D eigenvalue weighted by Gasteiger charge is -2.15. The molecule has 0 aliphatic rings. The maximum atomic E-state index is 12.4. The number of carbonyl (C=O) groups excluding carboxylic acids is 1. The number of nitrogens with zero attached hydrogens (tertiary/aromatic N) is 1. The first-order valence-corrected chi connectivity index (χ1v) is 6.54. The monoisotopic (exact) mass is 290 g/mol. The van der Waals surface area contributed by atoms with E-state index < -0.39 is 5.97 Å². The number of carbonyl (C=O) groups is 2. The van der Waals surface area contributed by atoms with E-state index in [1.807, 2.05) is 13.8 Å². The first-order valence-electron chi connectivity index (χ1n) is 6.54. The molecule has 0 bridgehead atoms. The van der Waals surface area contributed by atoms with Crippen LogP contribution in [-0.2, 0) is 6.54 Å². The van der Waals surface area contributed by atoms with Gasteiger partial charge < -0.3 is 19.4 Å². The smallest absolute Gasteiger partial charge is 0.339 e. The summed E-state index contributed by atoms with van der Waals surface area (Å²) in [7, 11) is 1.66. The standard InChI is InChI=1S/C15H18N2O4/c1-8-5-12(9(2)16-8)14(18)17(4)7-11-6-13(15(19)20)10(3)21-11/h5-6,16H,7H2,1-4H3,(H,19,20). The number of aryl methyl sites for hydroxylation is 3. The Kier molecular flexibility index (Phi) is 3.88. The zero-order valence-corrected chi connectivity index (χ0v) is 12.5. The third-order valence-electron chi connectivity index (χ3n) is 3.32. The van der Waals surface area contributed by atoms with Crippen LogP contribution in [0.15, 0.2) is 16.5 Å². The van der Waals surface area contributed by atoms with Crippen LogP contribution >= 0.6 is 0 Å². The number of amides is 1. The van der Waals surface area contributed by atoms with Gasteiger partial charge in [-0.3, -0.25) is 4.79 Å². The van der Waals surface area contributed by atoms with Crippen molar-refractivity contribution in [1.82, 2.24) is 9.88 Å². The molecule has 112 valence electrons. The molecule has 0 atom stereocenters. The van der Waals surface area contributed by atoms with Gasteiger partial charge in [0.05, 0.1) is 12.1 Å². The lowest BCUT2D eigenvalue weighted by atomic mass is 10.2. The van der Waals surface area contributed by atoms with Gasteiger partial charge in [-0.25, -0.2) is 4.79 Å². The van der Waals surface area contributed by atoms with Crippen molar-refractivity contribution in [1.29, 1.82) is 0 Å². The van der Waals surface area contributed by atoms with Crippen molar-refractivity contribution in [2.75, 3.05) is 7.05 Å². The molecule has 1 amide bonds. The summed E-state index contributed by atoms with van der Waals surface area (Å²) in [6.45, 7) is 5.54. The van der Waals surface area contributed by atoms with Crippen molar-refractivity contribution >= 4 is 11.9 Å². The normalized spacial score (nSPS) is 10.7. The molecule has 0 aliphatic heterocycles. The summed E-state index contributed by atoms with van der Waals surface area (Å²) in [6.07, 6.45) is 0. The van der Waals surface area contributed by atoms with E-state index in [2.05, 4.69) is 4.98 Å². The number of nitrogens with one attached hydrogen (secondary N) is 1. The van der Waals surface area contributed by atoms with E-state index in [0.717, 1.165) is 11.4 Å². The number of aromatic nitrogens is 1. The lowest BCUT2D eigenvalue weighted by Crippen LogP contribution is -2.26. The Bertz CT molecular complexity index is 697. The second-order valence-corrected chi connectivity index (χ2v) is 5.14. The van der Waals surface area contributed by atoms with E-state index in [4.69, 9.17) is 9.52 Å². The molecule has 0 saturated heterocycles. The molecular weight excluding hydrogens is 272 g/mol. The van der Waals surface area contributed by atoms with Crippen LogP contribution in [0.1, 0.15) is 43.6 Å². The van der Waals surface area contributed by atoms with Crippen molar-refractivity contribution in [2.45, 2.75) is 27.3 Å². The molecule has 6 nitrogen and oxygen atoms in total. The molecule has 21 heavy (non-hydrogen) atoms. The maximum absolute atomic E-state index is 12.4. The third kappa shape index (κ3) is 2.99. The molecule has 2 aromatic heterocycles. The van der Waals surface area contributed by atoms with Crippen molar-refractivity contribution in [3.8, 4) is 0 Å². The van der Waals surface area contributed by atoms with E-state index in [1.54, 1.807) is 20.0 Å². The minimum Gasteiger partial charge on any atom is -0.478 e.